The van der Waals surface area contributed by atoms with Crippen molar-refractivity contribution >= 4 is 42.3 Å². The first-order valence-corrected chi connectivity index (χ1v) is 6.92. The summed E-state index contributed by atoms with van der Waals surface area (Å²) < 4.78 is 18.8. The van der Waals surface area contributed by atoms with Crippen molar-refractivity contribution in [3.05, 3.63) is 0 Å². The molecule has 2 N–H and O–H groups in total. The Bertz CT molecular complexity index is 233. The predicted octanol–water partition coefficient (Wildman–Crippen LogP) is -1.43. The van der Waals surface area contributed by atoms with Crippen molar-refractivity contribution in [1.82, 2.24) is 0 Å². The molecule has 0 fully saturated rings. The number of hydrogen-bond acceptors (Lipinski definition) is 4. The molecule has 0 aliphatic heterocycles. The van der Waals surface area contributed by atoms with Crippen LogP contribution in [0.5, 0.6) is 0 Å². The summed E-state index contributed by atoms with van der Waals surface area (Å²) in [6.07, 6.45) is 2.94. The van der Waals surface area contributed by atoms with Crippen LogP contribution in [0, 0.1) is 0 Å². The standard InChI is InChI=1S/C8H16O4S3.Na.H/c9-8(10)7(14)6(13)4-2-1-3-5-15(11)12;;/h6-7,13-14H,1-5H2,(H,9,10)(H,11,12);;/q;+1;-1. The molecule has 0 bridgehead atoms. The van der Waals surface area contributed by atoms with E-state index in [1.54, 1.807) is 0 Å². The number of hydrogen-bond donors (Lipinski definition) is 4. The largest absolute Gasteiger partial charge is 1.00 e. The summed E-state index contributed by atoms with van der Waals surface area (Å²) in [4.78, 5) is 10.5. The van der Waals surface area contributed by atoms with Crippen molar-refractivity contribution in [3.8, 4) is 0 Å². The van der Waals surface area contributed by atoms with Gasteiger partial charge in [-0.05, 0) is 12.8 Å². The molecule has 8 heteroatoms. The van der Waals surface area contributed by atoms with Gasteiger partial charge in [-0.3, -0.25) is 4.79 Å². The molecule has 0 heterocycles. The Kier molecular flexibility index (Phi) is 13.9. The average Bonchev–Trinajstić information content (AvgIpc) is 2.15. The monoisotopic (exact) mass is 296 g/mol. The first-order valence-electron chi connectivity index (χ1n) is 4.61. The summed E-state index contributed by atoms with van der Waals surface area (Å²) in [5.74, 6) is -0.685. The van der Waals surface area contributed by atoms with Crippen LogP contribution in [0.15, 0.2) is 0 Å². The molecule has 3 unspecified atom stereocenters. The maximum atomic E-state index is 10.5. The molecule has 0 radical (unpaired) electrons. The Morgan fingerprint density at radius 3 is 2.31 bits per heavy atom. The van der Waals surface area contributed by atoms with Crippen LogP contribution < -0.4 is 29.6 Å². The molecular weight excluding hydrogens is 279 g/mol. The minimum Gasteiger partial charge on any atom is -1.00 e. The van der Waals surface area contributed by atoms with E-state index in [4.69, 9.17) is 9.66 Å². The zero-order valence-electron chi connectivity index (χ0n) is 10.2. The van der Waals surface area contributed by atoms with E-state index in [-0.39, 0.29) is 42.0 Å². The zero-order chi connectivity index (χ0) is 11.8. The number of carboxylic acids is 1. The maximum absolute atomic E-state index is 10.5. The van der Waals surface area contributed by atoms with Gasteiger partial charge < -0.3 is 11.1 Å². The van der Waals surface area contributed by atoms with Crippen molar-refractivity contribution in [2.45, 2.75) is 36.2 Å². The van der Waals surface area contributed by atoms with E-state index >= 15 is 0 Å². The third kappa shape index (κ3) is 10.4. The Morgan fingerprint density at radius 2 is 1.88 bits per heavy atom. The second kappa shape index (κ2) is 11.4. The molecule has 0 rings (SSSR count). The molecule has 92 valence electrons. The molecule has 4 nitrogen and oxygen atoms in total. The van der Waals surface area contributed by atoms with Gasteiger partial charge >= 0.3 is 35.5 Å². The fourth-order valence-corrected chi connectivity index (χ4v) is 1.99. The van der Waals surface area contributed by atoms with Crippen LogP contribution in [0.1, 0.15) is 27.1 Å². The van der Waals surface area contributed by atoms with Gasteiger partial charge in [-0.1, -0.05) is 12.8 Å². The van der Waals surface area contributed by atoms with Crippen molar-refractivity contribution < 1.29 is 49.6 Å². The van der Waals surface area contributed by atoms with Gasteiger partial charge in [-0.2, -0.15) is 25.3 Å². The first kappa shape index (κ1) is 19.6. The van der Waals surface area contributed by atoms with Gasteiger partial charge in [0.25, 0.3) is 0 Å². The third-order valence-corrected chi connectivity index (χ3v) is 3.95. The van der Waals surface area contributed by atoms with E-state index in [1.807, 2.05) is 0 Å². The quantitative estimate of drug-likeness (QED) is 0.192. The van der Waals surface area contributed by atoms with E-state index in [2.05, 4.69) is 25.3 Å². The Balaban J connectivity index is -0.000000980. The van der Waals surface area contributed by atoms with Crippen LogP contribution in [-0.4, -0.2) is 36.1 Å². The fourth-order valence-electron chi connectivity index (χ4n) is 1.08. The topological polar surface area (TPSA) is 74.6 Å². The van der Waals surface area contributed by atoms with Gasteiger partial charge in [-0.25, -0.2) is 4.21 Å². The Hall–Kier alpha value is 1.28. The summed E-state index contributed by atoms with van der Waals surface area (Å²) in [7, 11) is 0. The summed E-state index contributed by atoms with van der Waals surface area (Å²) >= 11 is 6.33. The first-order chi connectivity index (χ1) is 6.95. The minimum absolute atomic E-state index is 0. The van der Waals surface area contributed by atoms with Gasteiger partial charge in [0.2, 0.25) is 0 Å². The molecule has 0 aliphatic carbocycles. The smallest absolute Gasteiger partial charge is 1.00 e. The molecule has 0 saturated heterocycles. The van der Waals surface area contributed by atoms with Gasteiger partial charge in [0.1, 0.15) is 5.25 Å². The fraction of sp³-hybridized carbons (Fsp3) is 0.875. The molecule has 0 spiro atoms. The van der Waals surface area contributed by atoms with Crippen LogP contribution in [0.2, 0.25) is 0 Å². The maximum Gasteiger partial charge on any atom is 1.00 e. The SMILES string of the molecule is O=C(O)C(S)C(S)CCCCCS(=O)O.[H-].[Na+]. The van der Waals surface area contributed by atoms with Crippen LogP contribution in [0.3, 0.4) is 0 Å². The molecule has 0 aromatic carbocycles. The van der Waals surface area contributed by atoms with Gasteiger partial charge in [0.05, 0.1) is 0 Å². The van der Waals surface area contributed by atoms with Gasteiger partial charge in [0.15, 0.2) is 11.1 Å². The van der Waals surface area contributed by atoms with Crippen LogP contribution in [0.25, 0.3) is 0 Å². The zero-order valence-corrected chi connectivity index (χ0v) is 13.8. The van der Waals surface area contributed by atoms with E-state index in [9.17, 15) is 9.00 Å². The van der Waals surface area contributed by atoms with Crippen molar-refractivity contribution in [2.24, 2.45) is 0 Å². The molecule has 0 aliphatic rings. The summed E-state index contributed by atoms with van der Waals surface area (Å²) in [6, 6.07) is 0. The van der Waals surface area contributed by atoms with Gasteiger partial charge in [-0.15, -0.1) is 0 Å². The molecule has 0 amide bonds. The molecule has 0 aromatic rings. The second-order valence-corrected chi connectivity index (χ2v) is 5.50. The van der Waals surface area contributed by atoms with Crippen molar-refractivity contribution in [1.29, 1.82) is 0 Å². The van der Waals surface area contributed by atoms with Crippen molar-refractivity contribution in [2.75, 3.05) is 5.75 Å². The Morgan fingerprint density at radius 1 is 1.31 bits per heavy atom. The summed E-state index contributed by atoms with van der Waals surface area (Å²) in [5.41, 5.74) is 0. The number of unbranched alkanes of at least 4 members (excludes halogenated alkanes) is 2. The number of aliphatic carboxylic acids is 1. The van der Waals surface area contributed by atoms with E-state index < -0.39 is 22.3 Å². The number of thiol groups is 2. The van der Waals surface area contributed by atoms with E-state index in [0.717, 1.165) is 12.8 Å². The normalized spacial score (nSPS) is 15.9. The number of carboxylic acid groups (broad SMARTS) is 1. The summed E-state index contributed by atoms with van der Waals surface area (Å²) in [5, 5.41) is 7.61. The summed E-state index contributed by atoms with van der Waals surface area (Å²) in [6.45, 7) is 0. The minimum atomic E-state index is -1.72. The Labute approximate surface area is 133 Å². The average molecular weight is 296 g/mol. The number of carbonyl (C=O) groups is 1. The molecule has 16 heavy (non-hydrogen) atoms. The molecular formula is C8H17NaO4S3. The van der Waals surface area contributed by atoms with E-state index in [0.29, 0.717) is 12.8 Å². The van der Waals surface area contributed by atoms with Crippen molar-refractivity contribution in [3.63, 3.8) is 0 Å². The third-order valence-electron chi connectivity index (χ3n) is 1.94. The second-order valence-electron chi connectivity index (χ2n) is 3.23. The van der Waals surface area contributed by atoms with Gasteiger partial charge in [0, 0.05) is 11.0 Å². The number of rotatable bonds is 8. The van der Waals surface area contributed by atoms with E-state index in [1.165, 1.54) is 0 Å². The molecule has 0 saturated carbocycles. The predicted molar refractivity (Wildman–Crippen MR) is 68.4 cm³/mol. The molecule has 3 atom stereocenters. The van der Waals surface area contributed by atoms with Crippen LogP contribution in [0.4, 0.5) is 0 Å². The van der Waals surface area contributed by atoms with Crippen LogP contribution in [-0.2, 0) is 15.9 Å². The van der Waals surface area contributed by atoms with Crippen LogP contribution >= 0.6 is 25.3 Å². The molecule has 0 aromatic heterocycles.